The lowest BCUT2D eigenvalue weighted by molar-refractivity contribution is -0.384. The highest BCUT2D eigenvalue weighted by atomic mass is 32.2. The van der Waals surface area contributed by atoms with E-state index in [0.717, 1.165) is 34.1 Å². The molecule has 1 fully saturated rings. The summed E-state index contributed by atoms with van der Waals surface area (Å²) >= 11 is 1.59. The second-order valence-electron chi connectivity index (χ2n) is 7.98. The molecule has 0 radical (unpaired) electrons. The zero-order valence-electron chi connectivity index (χ0n) is 17.9. The fourth-order valence-electron chi connectivity index (χ4n) is 3.89. The fraction of sp³-hybridized carbons (Fsp3) is 0.381. The van der Waals surface area contributed by atoms with E-state index in [0.29, 0.717) is 18.8 Å². The lowest BCUT2D eigenvalue weighted by Crippen LogP contribution is -2.31. The molecule has 0 saturated carbocycles. The van der Waals surface area contributed by atoms with Crippen LogP contribution in [0.5, 0.6) is 0 Å². The Hall–Kier alpha value is -2.60. The fourth-order valence-corrected chi connectivity index (χ4v) is 6.05. The van der Waals surface area contributed by atoms with Gasteiger partial charge in [0.15, 0.2) is 0 Å². The molecule has 9 nitrogen and oxygen atoms in total. The number of aromatic nitrogens is 1. The number of nitrogens with one attached hydrogen (secondary N) is 1. The number of thiazole rings is 1. The highest BCUT2D eigenvalue weighted by molar-refractivity contribution is 7.89. The average molecular weight is 476 g/mol. The number of fused-ring (bicyclic) bond motifs is 1. The van der Waals surface area contributed by atoms with Gasteiger partial charge in [-0.15, -0.1) is 11.3 Å². The minimum absolute atomic E-state index is 0.0771. The predicted molar refractivity (Wildman–Crippen MR) is 126 cm³/mol. The van der Waals surface area contributed by atoms with Crippen molar-refractivity contribution in [2.24, 2.45) is 0 Å². The van der Waals surface area contributed by atoms with E-state index in [9.17, 15) is 18.5 Å². The van der Waals surface area contributed by atoms with Crippen molar-refractivity contribution < 1.29 is 13.3 Å². The van der Waals surface area contributed by atoms with Crippen molar-refractivity contribution in [2.75, 3.05) is 38.6 Å². The minimum atomic E-state index is -3.85. The molecule has 11 heteroatoms. The number of para-hydroxylation sites is 1. The number of nitrogens with zero attached hydrogens (tertiary/aromatic N) is 4. The normalized spacial score (nSPS) is 16.8. The van der Waals surface area contributed by atoms with Gasteiger partial charge in [0.1, 0.15) is 10.7 Å². The summed E-state index contributed by atoms with van der Waals surface area (Å²) in [7, 11) is -0.167. The van der Waals surface area contributed by atoms with E-state index in [4.69, 9.17) is 4.98 Å². The van der Waals surface area contributed by atoms with E-state index < -0.39 is 14.9 Å². The minimum Gasteiger partial charge on any atom is -0.357 e. The van der Waals surface area contributed by atoms with Crippen LogP contribution in [-0.2, 0) is 10.0 Å². The van der Waals surface area contributed by atoms with Gasteiger partial charge in [0.05, 0.1) is 26.1 Å². The lowest BCUT2D eigenvalue weighted by Gasteiger charge is -2.25. The molecular formula is C21H25N5O4S2. The topological polar surface area (TPSA) is 109 Å². The maximum atomic E-state index is 12.6. The van der Waals surface area contributed by atoms with Crippen molar-refractivity contribution in [2.45, 2.75) is 23.8 Å². The molecule has 170 valence electrons. The second-order valence-corrected chi connectivity index (χ2v) is 10.8. The number of benzene rings is 2. The molecule has 1 atom stereocenters. The molecule has 0 aliphatic carbocycles. The monoisotopic (exact) mass is 475 g/mol. The van der Waals surface area contributed by atoms with Gasteiger partial charge in [-0.2, -0.15) is 0 Å². The average Bonchev–Trinajstić information content (AvgIpc) is 3.39. The van der Waals surface area contributed by atoms with Crippen molar-refractivity contribution >= 4 is 43.0 Å². The maximum absolute atomic E-state index is 12.6. The van der Waals surface area contributed by atoms with E-state index in [1.54, 1.807) is 17.4 Å². The Kier molecular flexibility index (Phi) is 6.42. The number of likely N-dealkylation sites (N-methyl/N-ethyl adjacent to an activating group) is 1. The van der Waals surface area contributed by atoms with Gasteiger partial charge >= 0.3 is 0 Å². The van der Waals surface area contributed by atoms with Crippen molar-refractivity contribution in [1.82, 2.24) is 14.6 Å². The summed E-state index contributed by atoms with van der Waals surface area (Å²) < 4.78 is 28.8. The van der Waals surface area contributed by atoms with Gasteiger partial charge in [-0.3, -0.25) is 10.1 Å². The van der Waals surface area contributed by atoms with Crippen molar-refractivity contribution in [3.05, 3.63) is 57.6 Å². The van der Waals surface area contributed by atoms with Gasteiger partial charge in [-0.05, 0) is 51.2 Å². The SMILES string of the molecule is CN(C)CCNS(=O)(=O)c1ccc(N2CCCC2c2nc3ccccc3s2)c([N+](=O)[O-])c1. The summed E-state index contributed by atoms with van der Waals surface area (Å²) in [4.78, 5) is 19.8. The van der Waals surface area contributed by atoms with Crippen LogP contribution in [0.15, 0.2) is 47.4 Å². The Labute approximate surface area is 190 Å². The van der Waals surface area contributed by atoms with E-state index in [1.165, 1.54) is 6.07 Å². The molecular weight excluding hydrogens is 450 g/mol. The smallest absolute Gasteiger partial charge is 0.293 e. The number of nitro benzene ring substituents is 1. The number of hydrogen-bond donors (Lipinski definition) is 1. The van der Waals surface area contributed by atoms with Crippen molar-refractivity contribution in [3.63, 3.8) is 0 Å². The van der Waals surface area contributed by atoms with Crippen LogP contribution in [0.1, 0.15) is 23.9 Å². The van der Waals surface area contributed by atoms with Crippen LogP contribution >= 0.6 is 11.3 Å². The molecule has 1 unspecified atom stereocenters. The molecule has 0 amide bonds. The summed E-state index contributed by atoms with van der Waals surface area (Å²) in [6.45, 7) is 1.39. The molecule has 1 aliphatic rings. The Morgan fingerprint density at radius 1 is 1.28 bits per heavy atom. The first-order chi connectivity index (χ1) is 15.3. The summed E-state index contributed by atoms with van der Waals surface area (Å²) in [5.74, 6) is 0. The molecule has 0 spiro atoms. The third kappa shape index (κ3) is 4.60. The Morgan fingerprint density at radius 2 is 2.06 bits per heavy atom. The molecule has 1 saturated heterocycles. The highest BCUT2D eigenvalue weighted by Crippen LogP contribution is 2.43. The summed E-state index contributed by atoms with van der Waals surface area (Å²) in [6, 6.07) is 11.9. The Bertz CT molecular complexity index is 1210. The summed E-state index contributed by atoms with van der Waals surface area (Å²) in [5.41, 5.74) is 1.12. The Morgan fingerprint density at radius 3 is 2.78 bits per heavy atom. The van der Waals surface area contributed by atoms with Crippen LogP contribution in [0.4, 0.5) is 11.4 Å². The number of sulfonamides is 1. The highest BCUT2D eigenvalue weighted by Gasteiger charge is 2.33. The van der Waals surface area contributed by atoms with Crippen LogP contribution in [0.3, 0.4) is 0 Å². The van der Waals surface area contributed by atoms with Crippen LogP contribution in [0, 0.1) is 10.1 Å². The molecule has 2 heterocycles. The predicted octanol–water partition coefficient (Wildman–Crippen LogP) is 3.39. The molecule has 1 N–H and O–H groups in total. The largest absolute Gasteiger partial charge is 0.357 e. The summed E-state index contributed by atoms with van der Waals surface area (Å²) in [5, 5.41) is 12.8. The van der Waals surface area contributed by atoms with Crippen LogP contribution in [-0.4, -0.2) is 57.0 Å². The van der Waals surface area contributed by atoms with Crippen molar-refractivity contribution in [3.8, 4) is 0 Å². The molecule has 1 aromatic heterocycles. The Balaban J connectivity index is 1.66. The second kappa shape index (κ2) is 9.10. The van der Waals surface area contributed by atoms with E-state index in [-0.39, 0.29) is 23.2 Å². The van der Waals surface area contributed by atoms with E-state index >= 15 is 0 Å². The quantitative estimate of drug-likeness (QED) is 0.393. The summed E-state index contributed by atoms with van der Waals surface area (Å²) in [6.07, 6.45) is 1.72. The van der Waals surface area contributed by atoms with Gasteiger partial charge in [0, 0.05) is 25.7 Å². The number of anilines is 1. The van der Waals surface area contributed by atoms with Crippen LogP contribution in [0.2, 0.25) is 0 Å². The number of nitro groups is 1. The molecule has 2 aromatic carbocycles. The van der Waals surface area contributed by atoms with Gasteiger partial charge in [0.2, 0.25) is 10.0 Å². The van der Waals surface area contributed by atoms with Gasteiger partial charge in [-0.25, -0.2) is 18.1 Å². The molecule has 32 heavy (non-hydrogen) atoms. The van der Waals surface area contributed by atoms with Crippen molar-refractivity contribution in [1.29, 1.82) is 0 Å². The third-order valence-corrected chi connectivity index (χ3v) is 8.06. The molecule has 3 aromatic rings. The lowest BCUT2D eigenvalue weighted by atomic mass is 10.2. The van der Waals surface area contributed by atoms with Gasteiger partial charge < -0.3 is 9.80 Å². The van der Waals surface area contributed by atoms with E-state index in [1.807, 2.05) is 48.2 Å². The first kappa shape index (κ1) is 22.6. The first-order valence-electron chi connectivity index (χ1n) is 10.3. The van der Waals surface area contributed by atoms with E-state index in [2.05, 4.69) is 4.72 Å². The van der Waals surface area contributed by atoms with Gasteiger partial charge in [0.25, 0.3) is 5.69 Å². The van der Waals surface area contributed by atoms with Gasteiger partial charge in [-0.1, -0.05) is 12.1 Å². The zero-order valence-corrected chi connectivity index (χ0v) is 19.5. The first-order valence-corrected chi connectivity index (χ1v) is 12.6. The molecule has 4 rings (SSSR count). The molecule has 0 bridgehead atoms. The maximum Gasteiger partial charge on any atom is 0.293 e. The number of rotatable bonds is 8. The third-order valence-electron chi connectivity index (χ3n) is 5.46. The van der Waals surface area contributed by atoms with Crippen LogP contribution < -0.4 is 9.62 Å². The zero-order chi connectivity index (χ0) is 22.9. The van der Waals surface area contributed by atoms with Crippen LogP contribution in [0.25, 0.3) is 10.2 Å². The standard InChI is InChI=1S/C21H25N5O4S2/c1-24(2)13-11-22-32(29,30)15-9-10-17(19(14-15)26(27)28)25-12-5-7-18(25)21-23-16-6-3-4-8-20(16)31-21/h3-4,6,8-10,14,18,22H,5,7,11-13H2,1-2H3. The number of hydrogen-bond acceptors (Lipinski definition) is 8. The molecule has 1 aliphatic heterocycles.